The van der Waals surface area contributed by atoms with Gasteiger partial charge in [-0.3, -0.25) is 9.59 Å². The van der Waals surface area contributed by atoms with Gasteiger partial charge in [-0.1, -0.05) is 13.3 Å². The van der Waals surface area contributed by atoms with Gasteiger partial charge < -0.3 is 21.3 Å². The molecule has 0 aromatic carbocycles. The fourth-order valence-corrected chi connectivity index (χ4v) is 1.58. The summed E-state index contributed by atoms with van der Waals surface area (Å²) in [4.78, 5) is 22.6. The summed E-state index contributed by atoms with van der Waals surface area (Å²) in [5.74, 6) is -1.44. The number of aliphatic hydroxyl groups excluding tert-OH is 1. The Morgan fingerprint density at radius 2 is 2.06 bits per heavy atom. The van der Waals surface area contributed by atoms with Gasteiger partial charge in [0, 0.05) is 19.5 Å². The zero-order chi connectivity index (χ0) is 12.6. The molecule has 16 heavy (non-hydrogen) atoms. The number of amides is 1. The van der Waals surface area contributed by atoms with E-state index < -0.39 is 17.3 Å². The number of hydrogen-bond donors (Lipinski definition) is 4. The van der Waals surface area contributed by atoms with Gasteiger partial charge in [-0.05, 0) is 6.42 Å². The lowest BCUT2D eigenvalue weighted by Crippen LogP contribution is -2.43. The van der Waals surface area contributed by atoms with Crippen LogP contribution in [-0.2, 0) is 9.59 Å². The van der Waals surface area contributed by atoms with Crippen LogP contribution in [0.2, 0.25) is 0 Å². The molecule has 6 nitrogen and oxygen atoms in total. The van der Waals surface area contributed by atoms with Crippen molar-refractivity contribution in [3.8, 4) is 0 Å². The molecule has 0 radical (unpaired) electrons. The largest absolute Gasteiger partial charge is 0.481 e. The average molecular weight is 232 g/mol. The fourth-order valence-electron chi connectivity index (χ4n) is 1.58. The number of hydrogen-bond acceptors (Lipinski definition) is 4. The predicted octanol–water partition coefficient (Wildman–Crippen LogP) is -0.685. The van der Waals surface area contributed by atoms with Gasteiger partial charge in [-0.15, -0.1) is 0 Å². The van der Waals surface area contributed by atoms with Crippen LogP contribution in [0.25, 0.3) is 0 Å². The zero-order valence-electron chi connectivity index (χ0n) is 9.53. The van der Waals surface area contributed by atoms with Crippen molar-refractivity contribution in [3.63, 3.8) is 0 Å². The number of carbonyl (C=O) groups is 2. The highest BCUT2D eigenvalue weighted by Crippen LogP contribution is 2.27. The highest BCUT2D eigenvalue weighted by atomic mass is 16.4. The number of aliphatic hydroxyl groups is 1. The third kappa shape index (κ3) is 4.16. The summed E-state index contributed by atoms with van der Waals surface area (Å²) in [7, 11) is 0. The smallest absolute Gasteiger partial charge is 0.311 e. The highest BCUT2D eigenvalue weighted by molar-refractivity contribution is 5.85. The summed E-state index contributed by atoms with van der Waals surface area (Å²) >= 11 is 0. The monoisotopic (exact) mass is 232 g/mol. The molecule has 0 heterocycles. The molecule has 0 aliphatic heterocycles. The molecule has 94 valence electrons. The van der Waals surface area contributed by atoms with Gasteiger partial charge in [0.15, 0.2) is 0 Å². The van der Waals surface area contributed by atoms with Crippen molar-refractivity contribution in [1.82, 2.24) is 5.32 Å². The molecule has 0 fully saturated rings. The highest BCUT2D eigenvalue weighted by Gasteiger charge is 2.38. The van der Waals surface area contributed by atoms with E-state index in [1.807, 2.05) is 6.92 Å². The number of nitrogens with one attached hydrogen (secondary N) is 1. The van der Waals surface area contributed by atoms with Crippen LogP contribution < -0.4 is 11.1 Å². The molecule has 0 spiro atoms. The van der Waals surface area contributed by atoms with Gasteiger partial charge in [0.1, 0.15) is 0 Å². The minimum atomic E-state index is -1.19. The summed E-state index contributed by atoms with van der Waals surface area (Å²) in [6.45, 7) is 1.75. The molecule has 0 aliphatic rings. The Bertz CT molecular complexity index is 245. The van der Waals surface area contributed by atoms with Crippen molar-refractivity contribution in [1.29, 1.82) is 0 Å². The first-order valence-electron chi connectivity index (χ1n) is 5.33. The molecule has 1 atom stereocenters. The van der Waals surface area contributed by atoms with E-state index >= 15 is 0 Å². The van der Waals surface area contributed by atoms with Crippen LogP contribution in [0.4, 0.5) is 0 Å². The Balaban J connectivity index is 4.52. The minimum absolute atomic E-state index is 0.0667. The number of nitrogens with two attached hydrogens (primary N) is 1. The first-order valence-corrected chi connectivity index (χ1v) is 5.33. The molecule has 0 saturated carbocycles. The molecule has 0 saturated heterocycles. The van der Waals surface area contributed by atoms with Crippen molar-refractivity contribution in [2.75, 3.05) is 19.7 Å². The summed E-state index contributed by atoms with van der Waals surface area (Å²) in [6.07, 6.45) is 0.870. The first kappa shape index (κ1) is 14.9. The fraction of sp³-hybridized carbons (Fsp3) is 0.800. The molecule has 0 aromatic heterocycles. The number of carboxylic acid groups (broad SMARTS) is 1. The zero-order valence-corrected chi connectivity index (χ0v) is 9.53. The van der Waals surface area contributed by atoms with E-state index in [0.29, 0.717) is 12.8 Å². The molecule has 0 rings (SSSR count). The maximum absolute atomic E-state index is 11.4. The summed E-state index contributed by atoms with van der Waals surface area (Å²) in [6, 6.07) is 0. The van der Waals surface area contributed by atoms with Crippen LogP contribution in [0, 0.1) is 5.41 Å². The van der Waals surface area contributed by atoms with Crippen LogP contribution in [0.5, 0.6) is 0 Å². The number of carboxylic acids is 1. The maximum atomic E-state index is 11.4. The SMILES string of the molecule is CCCC(CN)(CC(=O)NCCO)C(=O)O. The molecule has 0 aliphatic carbocycles. The standard InChI is InChI=1S/C10H20N2O4/c1-2-3-10(7-11,9(15)16)6-8(14)12-4-5-13/h13H,2-7,11H2,1H3,(H,12,14)(H,15,16). The number of carbonyl (C=O) groups excluding carboxylic acids is 1. The lowest BCUT2D eigenvalue weighted by Gasteiger charge is -2.26. The Labute approximate surface area is 94.8 Å². The lowest BCUT2D eigenvalue weighted by atomic mass is 9.80. The van der Waals surface area contributed by atoms with Crippen LogP contribution in [-0.4, -0.2) is 41.8 Å². The molecular weight excluding hydrogens is 212 g/mol. The van der Waals surface area contributed by atoms with Gasteiger partial charge in [0.05, 0.1) is 12.0 Å². The Morgan fingerprint density at radius 3 is 2.44 bits per heavy atom. The van der Waals surface area contributed by atoms with E-state index in [2.05, 4.69) is 5.32 Å². The van der Waals surface area contributed by atoms with Gasteiger partial charge in [-0.25, -0.2) is 0 Å². The van der Waals surface area contributed by atoms with E-state index in [-0.39, 0.29) is 26.1 Å². The topological polar surface area (TPSA) is 113 Å². The van der Waals surface area contributed by atoms with Crippen molar-refractivity contribution >= 4 is 11.9 Å². The van der Waals surface area contributed by atoms with Crippen molar-refractivity contribution < 1.29 is 19.8 Å². The van der Waals surface area contributed by atoms with Crippen LogP contribution in [0.15, 0.2) is 0 Å². The second kappa shape index (κ2) is 7.19. The van der Waals surface area contributed by atoms with E-state index in [1.165, 1.54) is 0 Å². The van der Waals surface area contributed by atoms with Gasteiger partial charge in [0.2, 0.25) is 5.91 Å². The van der Waals surface area contributed by atoms with Crippen LogP contribution >= 0.6 is 0 Å². The molecule has 6 heteroatoms. The van der Waals surface area contributed by atoms with Gasteiger partial charge in [0.25, 0.3) is 0 Å². The van der Waals surface area contributed by atoms with E-state index in [4.69, 9.17) is 15.9 Å². The first-order chi connectivity index (χ1) is 7.52. The van der Waals surface area contributed by atoms with Crippen molar-refractivity contribution in [3.05, 3.63) is 0 Å². The molecule has 1 unspecified atom stereocenters. The molecule has 5 N–H and O–H groups in total. The second-order valence-corrected chi connectivity index (χ2v) is 3.79. The molecule has 0 aromatic rings. The summed E-state index contributed by atoms with van der Waals surface area (Å²) in [5, 5.41) is 20.1. The third-order valence-electron chi connectivity index (χ3n) is 2.51. The van der Waals surface area contributed by atoms with Gasteiger partial charge >= 0.3 is 5.97 Å². The van der Waals surface area contributed by atoms with Crippen molar-refractivity contribution in [2.45, 2.75) is 26.2 Å². The summed E-state index contributed by atoms with van der Waals surface area (Å²) < 4.78 is 0. The average Bonchev–Trinajstić information content (AvgIpc) is 2.25. The maximum Gasteiger partial charge on any atom is 0.311 e. The normalized spacial score (nSPS) is 14.2. The second-order valence-electron chi connectivity index (χ2n) is 3.79. The van der Waals surface area contributed by atoms with Crippen molar-refractivity contribution in [2.24, 2.45) is 11.1 Å². The lowest BCUT2D eigenvalue weighted by molar-refractivity contribution is -0.151. The molecular formula is C10H20N2O4. The van der Waals surface area contributed by atoms with E-state index in [9.17, 15) is 9.59 Å². The van der Waals surface area contributed by atoms with Crippen LogP contribution in [0.3, 0.4) is 0 Å². The summed E-state index contributed by atoms with van der Waals surface area (Å²) in [5.41, 5.74) is 4.28. The number of rotatable bonds is 8. The third-order valence-corrected chi connectivity index (χ3v) is 2.51. The predicted molar refractivity (Wildman–Crippen MR) is 58.7 cm³/mol. The Hall–Kier alpha value is -1.14. The van der Waals surface area contributed by atoms with Gasteiger partial charge in [-0.2, -0.15) is 0 Å². The molecule has 1 amide bonds. The van der Waals surface area contributed by atoms with Crippen LogP contribution in [0.1, 0.15) is 26.2 Å². The Morgan fingerprint density at radius 1 is 1.44 bits per heavy atom. The molecule has 0 bridgehead atoms. The van der Waals surface area contributed by atoms with E-state index in [0.717, 1.165) is 0 Å². The number of aliphatic carboxylic acids is 1. The van der Waals surface area contributed by atoms with E-state index in [1.54, 1.807) is 0 Å². The quantitative estimate of drug-likeness (QED) is 0.442. The Kier molecular flexibility index (Phi) is 6.67. The minimum Gasteiger partial charge on any atom is -0.481 e.